The molecule has 2 heterocycles. The molecule has 2 aromatic heterocycles. The van der Waals surface area contributed by atoms with E-state index in [-0.39, 0.29) is 14.9 Å². The quantitative estimate of drug-likeness (QED) is 0.0865. The average Bonchev–Trinajstić information content (AvgIpc) is 3.47. The van der Waals surface area contributed by atoms with Crippen LogP contribution >= 0.6 is 22.7 Å². The van der Waals surface area contributed by atoms with E-state index in [1.807, 2.05) is 52.4 Å². The molecule has 0 atom stereocenters. The summed E-state index contributed by atoms with van der Waals surface area (Å²) >= 11 is 3.16. The van der Waals surface area contributed by atoms with Crippen molar-refractivity contribution in [2.75, 3.05) is 11.9 Å². The Morgan fingerprint density at radius 2 is 1.29 bits per heavy atom. The summed E-state index contributed by atoms with van der Waals surface area (Å²) in [7, 11) is 3.96. The number of anilines is 1. The number of aryl methyl sites for hydroxylation is 5. The Morgan fingerprint density at radius 1 is 0.711 bits per heavy atom. The second-order valence-corrected chi connectivity index (χ2v) is 10.6. The fourth-order valence-electron chi connectivity index (χ4n) is 3.77. The smallest absolute Gasteiger partial charge is 0.385 e. The molecule has 202 valence electrons. The summed E-state index contributed by atoms with van der Waals surface area (Å²) in [5.41, 5.74) is 6.60. The Bertz CT molecular complexity index is 1250. The van der Waals surface area contributed by atoms with Crippen LogP contribution in [0, 0.1) is 28.7 Å². The second-order valence-electron chi connectivity index (χ2n) is 8.85. The summed E-state index contributed by atoms with van der Waals surface area (Å²) in [6.45, 7) is 5.14. The summed E-state index contributed by atoms with van der Waals surface area (Å²) in [4.78, 5) is 0. The molecule has 0 spiro atoms. The van der Waals surface area contributed by atoms with Crippen LogP contribution in [0.3, 0.4) is 0 Å². The van der Waals surface area contributed by atoms with Crippen LogP contribution in [0.2, 0.25) is 0 Å². The minimum atomic E-state index is 0. The van der Waals surface area contributed by atoms with Gasteiger partial charge in [-0.25, -0.2) is 9.13 Å². The first kappa shape index (κ1) is 30.9. The zero-order valence-corrected chi connectivity index (χ0v) is 24.9. The van der Waals surface area contributed by atoms with Crippen LogP contribution < -0.4 is 14.5 Å². The number of hydrogen-bond acceptors (Lipinski definition) is 7. The van der Waals surface area contributed by atoms with E-state index in [0.29, 0.717) is 0 Å². The van der Waals surface area contributed by atoms with Crippen LogP contribution in [0.15, 0.2) is 80.0 Å². The van der Waals surface area contributed by atoms with Crippen LogP contribution in [-0.2, 0) is 20.5 Å². The standard InChI is InChI=1S/C27H32N7S2.2CH3/c1-20-18-22(9-11-24(20)29-31-26-33(3)14-16-35-26)8-6-5-7-13-28-23-10-12-25(21(2)19-23)30-32-27-34(4)15-17-36-27;;/h9-12,14-19H,5-8,13H2,1-4H3;2*1H3/q+1;2*-1/p+1. The van der Waals surface area contributed by atoms with Crippen molar-refractivity contribution >= 4 is 50.0 Å². The molecule has 0 unspecified atom stereocenters. The maximum atomic E-state index is 4.43. The van der Waals surface area contributed by atoms with E-state index in [1.165, 1.54) is 24.0 Å². The summed E-state index contributed by atoms with van der Waals surface area (Å²) in [6.07, 6.45) is 8.55. The number of thiazole rings is 2. The predicted octanol–water partition coefficient (Wildman–Crippen LogP) is 8.63. The average molecular weight is 550 g/mol. The van der Waals surface area contributed by atoms with Gasteiger partial charge in [0.05, 0.1) is 24.3 Å². The van der Waals surface area contributed by atoms with Gasteiger partial charge in [0.1, 0.15) is 23.8 Å². The molecule has 1 N–H and O–H groups in total. The van der Waals surface area contributed by atoms with E-state index in [9.17, 15) is 0 Å². The van der Waals surface area contributed by atoms with Crippen molar-refractivity contribution in [3.8, 4) is 0 Å². The highest BCUT2D eigenvalue weighted by atomic mass is 32.1. The zero-order chi connectivity index (χ0) is 25.3. The molecule has 2 aromatic carbocycles. The number of hydrogen-bond donors (Lipinski definition) is 1. The Kier molecular flexibility index (Phi) is 12.4. The van der Waals surface area contributed by atoms with E-state index in [0.717, 1.165) is 52.3 Å². The van der Waals surface area contributed by atoms with Crippen molar-refractivity contribution in [1.29, 1.82) is 0 Å². The van der Waals surface area contributed by atoms with Gasteiger partial charge in [-0.05, 0) is 107 Å². The third kappa shape index (κ3) is 8.63. The topological polar surface area (TPSA) is 69.2 Å². The van der Waals surface area contributed by atoms with Crippen molar-refractivity contribution in [2.45, 2.75) is 39.5 Å². The lowest BCUT2D eigenvalue weighted by Gasteiger charge is -2.08. The molecule has 4 aromatic rings. The number of rotatable bonds is 11. The van der Waals surface area contributed by atoms with E-state index in [2.05, 4.69) is 70.0 Å². The van der Waals surface area contributed by atoms with Gasteiger partial charge in [-0.2, -0.15) is 0 Å². The molecular formula is C29H39N7S2. The first-order chi connectivity index (χ1) is 17.5. The predicted molar refractivity (Wildman–Crippen MR) is 161 cm³/mol. The van der Waals surface area contributed by atoms with Gasteiger partial charge >= 0.3 is 10.3 Å². The van der Waals surface area contributed by atoms with Gasteiger partial charge < -0.3 is 20.2 Å². The third-order valence-corrected chi connectivity index (χ3v) is 7.61. The van der Waals surface area contributed by atoms with Gasteiger partial charge in [-0.1, -0.05) is 18.6 Å². The van der Waals surface area contributed by atoms with Gasteiger partial charge in [-0.15, -0.1) is 0 Å². The first-order valence-corrected chi connectivity index (χ1v) is 13.9. The number of nitrogens with zero attached hydrogens (tertiary/aromatic N) is 6. The summed E-state index contributed by atoms with van der Waals surface area (Å²) < 4.78 is 3.94. The third-order valence-electron chi connectivity index (χ3n) is 5.94. The lowest BCUT2D eigenvalue weighted by atomic mass is 10.0. The number of azo groups is 2. The Morgan fingerprint density at radius 3 is 1.82 bits per heavy atom. The maximum absolute atomic E-state index is 4.43. The second kappa shape index (κ2) is 15.2. The van der Waals surface area contributed by atoms with E-state index >= 15 is 0 Å². The molecule has 0 saturated heterocycles. The van der Waals surface area contributed by atoms with E-state index in [1.54, 1.807) is 22.7 Å². The van der Waals surface area contributed by atoms with Crippen molar-refractivity contribution in [3.05, 3.63) is 91.1 Å². The lowest BCUT2D eigenvalue weighted by Crippen LogP contribution is -2.23. The monoisotopic (exact) mass is 549 g/mol. The van der Waals surface area contributed by atoms with Crippen molar-refractivity contribution < 1.29 is 9.13 Å². The molecule has 0 fully saturated rings. The number of unbranched alkanes of at least 4 members (excludes halogenated alkanes) is 2. The molecule has 0 saturated carbocycles. The summed E-state index contributed by atoms with van der Waals surface area (Å²) in [6, 6.07) is 12.7. The van der Waals surface area contributed by atoms with Crippen LogP contribution in [0.5, 0.6) is 0 Å². The Balaban J connectivity index is 0.00000253. The molecule has 9 heteroatoms. The van der Waals surface area contributed by atoms with Gasteiger partial charge in [0, 0.05) is 23.0 Å². The molecule has 0 aliphatic heterocycles. The van der Waals surface area contributed by atoms with Gasteiger partial charge in [0.25, 0.3) is 0 Å². The van der Waals surface area contributed by atoms with Crippen LogP contribution in [0.1, 0.15) is 36.0 Å². The van der Waals surface area contributed by atoms with Gasteiger partial charge in [0.15, 0.2) is 0 Å². The number of aromatic nitrogens is 2. The maximum Gasteiger partial charge on any atom is 0.408 e. The normalized spacial score (nSPS) is 11.1. The highest BCUT2D eigenvalue weighted by Gasteiger charge is 2.10. The minimum Gasteiger partial charge on any atom is -0.385 e. The van der Waals surface area contributed by atoms with E-state index in [4.69, 9.17) is 0 Å². The fourth-order valence-corrected chi connectivity index (χ4v) is 5.13. The number of nitrogens with one attached hydrogen (secondary N) is 1. The van der Waals surface area contributed by atoms with Crippen LogP contribution in [0.4, 0.5) is 27.3 Å². The Labute approximate surface area is 235 Å². The molecule has 0 aliphatic carbocycles. The SMILES string of the molecule is Cc1cc(CCCCCNc2ccc(N=Nc3scc[n+]3C)c(C)c2)ccc1N=Nc1scc[n+]1C.[CH3-].[CH3-]. The van der Waals surface area contributed by atoms with Gasteiger partial charge in [-0.3, -0.25) is 0 Å². The van der Waals surface area contributed by atoms with E-state index < -0.39 is 0 Å². The molecule has 4 rings (SSSR count). The lowest BCUT2D eigenvalue weighted by molar-refractivity contribution is -0.654. The van der Waals surface area contributed by atoms with Crippen LogP contribution in [0.25, 0.3) is 0 Å². The minimum absolute atomic E-state index is 0. The van der Waals surface area contributed by atoms with Gasteiger partial charge in [0.2, 0.25) is 0 Å². The summed E-state index contributed by atoms with van der Waals surface area (Å²) in [5.74, 6) is 0. The highest BCUT2D eigenvalue weighted by Crippen LogP contribution is 2.26. The van der Waals surface area contributed by atoms with Crippen molar-refractivity contribution in [3.63, 3.8) is 0 Å². The molecule has 0 bridgehead atoms. The Hall–Kier alpha value is -3.30. The molecule has 0 aliphatic rings. The fraction of sp³-hybridized carbons (Fsp3) is 0.310. The molecule has 0 amide bonds. The van der Waals surface area contributed by atoms with Crippen molar-refractivity contribution in [2.24, 2.45) is 34.6 Å². The molecular weight excluding hydrogens is 511 g/mol. The van der Waals surface area contributed by atoms with Crippen LogP contribution in [-0.4, -0.2) is 6.54 Å². The summed E-state index contributed by atoms with van der Waals surface area (Å²) in [5, 5.41) is 26.9. The zero-order valence-electron chi connectivity index (χ0n) is 23.3. The molecule has 38 heavy (non-hydrogen) atoms. The highest BCUT2D eigenvalue weighted by molar-refractivity contribution is 7.13. The molecule has 0 radical (unpaired) electrons. The largest absolute Gasteiger partial charge is 0.408 e. The number of benzene rings is 2. The van der Waals surface area contributed by atoms with Crippen molar-refractivity contribution in [1.82, 2.24) is 0 Å². The molecule has 7 nitrogen and oxygen atoms in total. The first-order valence-electron chi connectivity index (χ1n) is 12.1.